The zero-order valence-corrected chi connectivity index (χ0v) is 13.8. The Kier molecular flexibility index (Phi) is 6.37. The molecule has 0 saturated heterocycles. The summed E-state index contributed by atoms with van der Waals surface area (Å²) in [7, 11) is -1.32. The number of aliphatic hydroxyl groups is 1. The lowest BCUT2D eigenvalue weighted by atomic mass is 9.96. The maximum Gasteiger partial charge on any atom is 0.162 e. The standard InChI is InChI=1S/C17H26O2Si/c1-5-15(13-20(2,3)4)17(19)16(18)12-11-14-9-7-6-8-10-14/h5-10,15,17,19H,1,11-13H2,2-4H3/t15-,17+/m0/s1. The molecule has 1 N–H and O–H groups in total. The summed E-state index contributed by atoms with van der Waals surface area (Å²) >= 11 is 0. The number of rotatable bonds is 8. The van der Waals surface area contributed by atoms with E-state index in [-0.39, 0.29) is 11.7 Å². The second-order valence-corrected chi connectivity index (χ2v) is 12.1. The van der Waals surface area contributed by atoms with Crippen LogP contribution >= 0.6 is 0 Å². The Morgan fingerprint density at radius 2 is 1.90 bits per heavy atom. The molecule has 0 spiro atoms. The van der Waals surface area contributed by atoms with Crippen molar-refractivity contribution in [2.75, 3.05) is 0 Å². The van der Waals surface area contributed by atoms with Crippen LogP contribution < -0.4 is 0 Å². The number of carbonyl (C=O) groups is 1. The van der Waals surface area contributed by atoms with Crippen LogP contribution in [0.15, 0.2) is 43.0 Å². The Hall–Kier alpha value is -1.19. The molecule has 1 aromatic carbocycles. The fourth-order valence-electron chi connectivity index (χ4n) is 2.33. The topological polar surface area (TPSA) is 37.3 Å². The molecule has 3 heteroatoms. The SMILES string of the molecule is C=C[C@@H](C[Si](C)(C)C)[C@@H](O)C(=O)CCc1ccccc1. The third-order valence-electron chi connectivity index (χ3n) is 3.39. The highest BCUT2D eigenvalue weighted by Crippen LogP contribution is 2.22. The van der Waals surface area contributed by atoms with Gasteiger partial charge in [0.15, 0.2) is 5.78 Å². The largest absolute Gasteiger partial charge is 0.385 e. The summed E-state index contributed by atoms with van der Waals surface area (Å²) in [6, 6.07) is 10.8. The number of Topliss-reactive ketones (excluding diaryl/α,β-unsaturated/α-hetero) is 1. The summed E-state index contributed by atoms with van der Waals surface area (Å²) in [5, 5.41) is 10.2. The van der Waals surface area contributed by atoms with E-state index in [9.17, 15) is 9.90 Å². The summed E-state index contributed by atoms with van der Waals surface area (Å²) in [4.78, 5) is 12.1. The minimum absolute atomic E-state index is 0.0722. The molecule has 0 fully saturated rings. The molecule has 2 atom stereocenters. The molecule has 1 rings (SSSR count). The van der Waals surface area contributed by atoms with Gasteiger partial charge in [-0.3, -0.25) is 4.79 Å². The van der Waals surface area contributed by atoms with Crippen molar-refractivity contribution >= 4 is 13.9 Å². The second-order valence-electron chi connectivity index (χ2n) is 6.56. The Morgan fingerprint density at radius 1 is 1.30 bits per heavy atom. The van der Waals surface area contributed by atoms with Crippen molar-refractivity contribution in [1.82, 2.24) is 0 Å². The first-order valence-electron chi connectivity index (χ1n) is 7.21. The van der Waals surface area contributed by atoms with Crippen LogP contribution in [0.25, 0.3) is 0 Å². The summed E-state index contributed by atoms with van der Waals surface area (Å²) in [6.45, 7) is 10.5. The minimum atomic E-state index is -1.32. The van der Waals surface area contributed by atoms with Crippen molar-refractivity contribution in [3.05, 3.63) is 48.6 Å². The molecule has 20 heavy (non-hydrogen) atoms. The van der Waals surface area contributed by atoms with Gasteiger partial charge < -0.3 is 5.11 Å². The molecule has 0 heterocycles. The normalized spacial score (nSPS) is 14.6. The number of ketones is 1. The molecule has 0 amide bonds. The first-order valence-corrected chi connectivity index (χ1v) is 10.9. The smallest absolute Gasteiger partial charge is 0.162 e. The molecule has 0 unspecified atom stereocenters. The third-order valence-corrected chi connectivity index (χ3v) is 5.09. The summed E-state index contributed by atoms with van der Waals surface area (Å²) in [5.41, 5.74) is 1.13. The van der Waals surface area contributed by atoms with Crippen LogP contribution in [0.5, 0.6) is 0 Å². The van der Waals surface area contributed by atoms with Crippen LogP contribution in [-0.4, -0.2) is 25.1 Å². The van der Waals surface area contributed by atoms with E-state index in [1.165, 1.54) is 0 Å². The number of hydrogen-bond acceptors (Lipinski definition) is 2. The summed E-state index contributed by atoms with van der Waals surface area (Å²) in [5.74, 6) is -0.179. The molecule has 2 nitrogen and oxygen atoms in total. The number of aryl methyl sites for hydroxylation is 1. The van der Waals surface area contributed by atoms with E-state index in [0.29, 0.717) is 12.8 Å². The molecule has 0 radical (unpaired) electrons. The van der Waals surface area contributed by atoms with Crippen molar-refractivity contribution in [2.45, 2.75) is 44.6 Å². The fraction of sp³-hybridized carbons (Fsp3) is 0.471. The van der Waals surface area contributed by atoms with Gasteiger partial charge in [0.2, 0.25) is 0 Å². The highest BCUT2D eigenvalue weighted by molar-refractivity contribution is 6.76. The maximum absolute atomic E-state index is 12.1. The zero-order valence-electron chi connectivity index (χ0n) is 12.8. The monoisotopic (exact) mass is 290 g/mol. The molecular formula is C17H26O2Si. The van der Waals surface area contributed by atoms with Crippen molar-refractivity contribution < 1.29 is 9.90 Å². The van der Waals surface area contributed by atoms with Crippen LogP contribution in [0, 0.1) is 5.92 Å². The lowest BCUT2D eigenvalue weighted by Crippen LogP contribution is -2.34. The van der Waals surface area contributed by atoms with E-state index in [1.807, 2.05) is 30.3 Å². The van der Waals surface area contributed by atoms with Crippen molar-refractivity contribution in [3.63, 3.8) is 0 Å². The van der Waals surface area contributed by atoms with Crippen LogP contribution in [0.4, 0.5) is 0 Å². The van der Waals surface area contributed by atoms with Gasteiger partial charge in [-0.05, 0) is 18.0 Å². The first-order chi connectivity index (χ1) is 9.33. The lowest BCUT2D eigenvalue weighted by Gasteiger charge is -2.25. The number of aliphatic hydroxyl groups excluding tert-OH is 1. The molecule has 0 aliphatic rings. The predicted octanol–water partition coefficient (Wildman–Crippen LogP) is 3.69. The number of hydrogen-bond donors (Lipinski definition) is 1. The van der Waals surface area contributed by atoms with Crippen molar-refractivity contribution in [3.8, 4) is 0 Å². The van der Waals surface area contributed by atoms with Gasteiger partial charge in [-0.1, -0.05) is 56.0 Å². The van der Waals surface area contributed by atoms with Crippen LogP contribution in [0.3, 0.4) is 0 Å². The van der Waals surface area contributed by atoms with Crippen LogP contribution in [-0.2, 0) is 11.2 Å². The summed E-state index contributed by atoms with van der Waals surface area (Å²) < 4.78 is 0. The van der Waals surface area contributed by atoms with Gasteiger partial charge in [-0.15, -0.1) is 6.58 Å². The van der Waals surface area contributed by atoms with E-state index in [1.54, 1.807) is 6.08 Å². The second kappa shape index (κ2) is 7.55. The van der Waals surface area contributed by atoms with E-state index >= 15 is 0 Å². The Labute approximate surface area is 123 Å². The van der Waals surface area contributed by atoms with Crippen molar-refractivity contribution in [1.29, 1.82) is 0 Å². The summed E-state index contributed by atoms with van der Waals surface area (Å²) in [6.07, 6.45) is 1.92. The Morgan fingerprint density at radius 3 is 2.40 bits per heavy atom. The average Bonchev–Trinajstić information content (AvgIpc) is 2.41. The lowest BCUT2D eigenvalue weighted by molar-refractivity contribution is -0.128. The quantitative estimate of drug-likeness (QED) is 0.585. The van der Waals surface area contributed by atoms with Gasteiger partial charge in [0.05, 0.1) is 0 Å². The zero-order chi connectivity index (χ0) is 15.2. The highest BCUT2D eigenvalue weighted by atomic mass is 28.3. The predicted molar refractivity (Wildman–Crippen MR) is 87.6 cm³/mol. The molecular weight excluding hydrogens is 264 g/mol. The molecule has 0 aliphatic carbocycles. The van der Waals surface area contributed by atoms with E-state index < -0.39 is 14.2 Å². The van der Waals surface area contributed by atoms with Gasteiger partial charge in [0.1, 0.15) is 6.10 Å². The average molecular weight is 290 g/mol. The van der Waals surface area contributed by atoms with Crippen molar-refractivity contribution in [2.24, 2.45) is 5.92 Å². The molecule has 0 bridgehead atoms. The molecule has 0 aromatic heterocycles. The van der Waals surface area contributed by atoms with Gasteiger partial charge in [-0.2, -0.15) is 0 Å². The van der Waals surface area contributed by atoms with Crippen LogP contribution in [0.2, 0.25) is 25.7 Å². The van der Waals surface area contributed by atoms with Gasteiger partial charge in [0.25, 0.3) is 0 Å². The van der Waals surface area contributed by atoms with E-state index in [2.05, 4.69) is 26.2 Å². The maximum atomic E-state index is 12.1. The number of carbonyl (C=O) groups excluding carboxylic acids is 1. The third kappa shape index (κ3) is 5.84. The molecule has 110 valence electrons. The van der Waals surface area contributed by atoms with Crippen LogP contribution in [0.1, 0.15) is 12.0 Å². The molecule has 1 aromatic rings. The molecule has 0 saturated carbocycles. The first kappa shape index (κ1) is 16.9. The highest BCUT2D eigenvalue weighted by Gasteiger charge is 2.28. The van der Waals surface area contributed by atoms with Gasteiger partial charge in [-0.25, -0.2) is 0 Å². The van der Waals surface area contributed by atoms with Gasteiger partial charge >= 0.3 is 0 Å². The molecule has 0 aliphatic heterocycles. The Balaban J connectivity index is 2.55. The fourth-order valence-corrected chi connectivity index (χ4v) is 4.13. The minimum Gasteiger partial charge on any atom is -0.385 e. The van der Waals surface area contributed by atoms with Gasteiger partial charge in [0, 0.05) is 20.4 Å². The number of benzene rings is 1. The van der Waals surface area contributed by atoms with E-state index in [0.717, 1.165) is 11.6 Å². The van der Waals surface area contributed by atoms with E-state index in [4.69, 9.17) is 0 Å². The Bertz CT molecular complexity index is 434.